The molecule has 5 aromatic rings. The van der Waals surface area contributed by atoms with Gasteiger partial charge in [0.15, 0.2) is 11.0 Å². The van der Waals surface area contributed by atoms with Gasteiger partial charge >= 0.3 is 6.18 Å². The Kier molecular flexibility index (Phi) is 7.47. The third-order valence-corrected chi connectivity index (χ3v) is 7.27. The van der Waals surface area contributed by atoms with Crippen LogP contribution in [0.25, 0.3) is 17.1 Å². The molecule has 0 unspecified atom stereocenters. The quantitative estimate of drug-likeness (QED) is 0.256. The smallest absolute Gasteiger partial charge is 0.347 e. The minimum absolute atomic E-state index is 0.265. The molecule has 8 nitrogen and oxygen atoms in total. The fourth-order valence-electron chi connectivity index (χ4n) is 3.48. The molecule has 1 aromatic carbocycles. The molecular weight excluding hydrogens is 535 g/mol. The number of hydrogen-bond donors (Lipinski definition) is 1. The molecule has 38 heavy (non-hydrogen) atoms. The Morgan fingerprint density at radius 1 is 1.03 bits per heavy atom. The van der Waals surface area contributed by atoms with Gasteiger partial charge in [0.25, 0.3) is 5.91 Å². The molecule has 0 radical (unpaired) electrons. The van der Waals surface area contributed by atoms with Crippen molar-refractivity contribution in [1.82, 2.24) is 35.0 Å². The summed E-state index contributed by atoms with van der Waals surface area (Å²) in [7, 11) is 0. The van der Waals surface area contributed by atoms with E-state index in [-0.39, 0.29) is 17.3 Å². The summed E-state index contributed by atoms with van der Waals surface area (Å²) in [6.45, 7) is 0.347. The van der Waals surface area contributed by atoms with Crippen LogP contribution in [0.5, 0.6) is 0 Å². The molecule has 0 bridgehead atoms. The van der Waals surface area contributed by atoms with Crippen LogP contribution < -0.4 is 5.32 Å². The van der Waals surface area contributed by atoms with Crippen molar-refractivity contribution in [3.63, 3.8) is 0 Å². The number of nitrogens with zero attached hydrogens (tertiary/aromatic N) is 6. The molecule has 13 heteroatoms. The lowest BCUT2D eigenvalue weighted by Crippen LogP contribution is -2.23. The fraction of sp³-hybridized carbons (Fsp3) is 0.120. The third kappa shape index (κ3) is 5.89. The zero-order valence-electron chi connectivity index (χ0n) is 19.5. The summed E-state index contributed by atoms with van der Waals surface area (Å²) in [4.78, 5) is 25.0. The highest BCUT2D eigenvalue weighted by atomic mass is 32.2. The van der Waals surface area contributed by atoms with Crippen LogP contribution in [0.15, 0.2) is 83.9 Å². The van der Waals surface area contributed by atoms with Gasteiger partial charge in [-0.3, -0.25) is 19.3 Å². The molecule has 5 rings (SSSR count). The lowest BCUT2D eigenvalue weighted by atomic mass is 10.2. The minimum atomic E-state index is -4.50. The van der Waals surface area contributed by atoms with Crippen molar-refractivity contribution in [2.24, 2.45) is 0 Å². The number of rotatable bonds is 8. The highest BCUT2D eigenvalue weighted by Crippen LogP contribution is 2.34. The van der Waals surface area contributed by atoms with E-state index in [0.29, 0.717) is 33.8 Å². The zero-order valence-corrected chi connectivity index (χ0v) is 21.1. The van der Waals surface area contributed by atoms with Crippen LogP contribution in [0.1, 0.15) is 26.6 Å². The fourth-order valence-corrected chi connectivity index (χ4v) is 5.22. The number of halogens is 3. The molecule has 0 aliphatic rings. The summed E-state index contributed by atoms with van der Waals surface area (Å²) in [6.07, 6.45) is 1.97. The topological polar surface area (TPSA) is 98.5 Å². The Balaban J connectivity index is 1.36. The highest BCUT2D eigenvalue weighted by molar-refractivity contribution is 7.98. The lowest BCUT2D eigenvalue weighted by molar-refractivity contribution is -0.137. The summed E-state index contributed by atoms with van der Waals surface area (Å²) in [5, 5.41) is 14.0. The van der Waals surface area contributed by atoms with E-state index in [1.54, 1.807) is 52.9 Å². The van der Waals surface area contributed by atoms with Gasteiger partial charge in [0, 0.05) is 42.3 Å². The Bertz CT molecular complexity index is 1540. The summed E-state index contributed by atoms with van der Waals surface area (Å²) in [5.74, 6) is 0.391. The van der Waals surface area contributed by atoms with Crippen molar-refractivity contribution in [2.75, 3.05) is 0 Å². The minimum Gasteiger partial charge on any atom is -0.347 e. The number of hydrogen-bond acceptors (Lipinski definition) is 8. The average Bonchev–Trinajstić information content (AvgIpc) is 3.59. The van der Waals surface area contributed by atoms with Crippen molar-refractivity contribution >= 4 is 29.0 Å². The molecular formula is C25H18F3N7OS2. The molecule has 0 atom stereocenters. The van der Waals surface area contributed by atoms with Gasteiger partial charge < -0.3 is 5.32 Å². The Labute approximate surface area is 223 Å². The van der Waals surface area contributed by atoms with Crippen molar-refractivity contribution in [1.29, 1.82) is 0 Å². The van der Waals surface area contributed by atoms with E-state index in [4.69, 9.17) is 0 Å². The van der Waals surface area contributed by atoms with Crippen LogP contribution in [0, 0.1) is 0 Å². The lowest BCUT2D eigenvalue weighted by Gasteiger charge is -2.13. The summed E-state index contributed by atoms with van der Waals surface area (Å²) in [5.41, 5.74) is 1.29. The third-order valence-electron chi connectivity index (χ3n) is 5.30. The second-order valence-corrected chi connectivity index (χ2v) is 9.77. The maximum atomic E-state index is 13.4. The monoisotopic (exact) mass is 553 g/mol. The standard InChI is InChI=1S/C25H18F3N7OS2/c26-25(27,28)18-4-1-5-19(11-18)35-22(17-3-2-8-30-13-17)33-34-24(35)38-15-21-32-20(14-37-21)23(36)31-12-16-6-9-29-10-7-16/h1-11,13-14H,12,15H2,(H,31,36). The van der Waals surface area contributed by atoms with Gasteiger partial charge in [0.2, 0.25) is 0 Å². The maximum Gasteiger partial charge on any atom is 0.416 e. The predicted molar refractivity (Wildman–Crippen MR) is 137 cm³/mol. The van der Waals surface area contributed by atoms with Gasteiger partial charge in [0.05, 0.1) is 17.0 Å². The number of nitrogens with one attached hydrogen (secondary N) is 1. The molecule has 0 saturated heterocycles. The first kappa shape index (κ1) is 25.5. The normalized spacial score (nSPS) is 11.4. The summed E-state index contributed by atoms with van der Waals surface area (Å²) < 4.78 is 41.8. The van der Waals surface area contributed by atoms with Crippen molar-refractivity contribution in [3.05, 3.63) is 101 Å². The van der Waals surface area contributed by atoms with Crippen molar-refractivity contribution in [2.45, 2.75) is 23.6 Å². The first-order valence-electron chi connectivity index (χ1n) is 11.2. The van der Waals surface area contributed by atoms with Crippen LogP contribution in [-0.2, 0) is 18.5 Å². The van der Waals surface area contributed by atoms with Gasteiger partial charge in [0.1, 0.15) is 10.7 Å². The summed E-state index contributed by atoms with van der Waals surface area (Å²) in [6, 6.07) is 12.1. The SMILES string of the molecule is O=C(NCc1ccncc1)c1csc(CSc2nnc(-c3cccnc3)n2-c2cccc(C(F)(F)F)c2)n1. The highest BCUT2D eigenvalue weighted by Gasteiger charge is 2.31. The molecule has 1 N–H and O–H groups in total. The number of aromatic nitrogens is 6. The number of carbonyl (C=O) groups excluding carboxylic acids is 1. The van der Waals surface area contributed by atoms with Crippen LogP contribution in [0.2, 0.25) is 0 Å². The molecule has 1 amide bonds. The molecule has 4 heterocycles. The first-order chi connectivity index (χ1) is 18.4. The van der Waals surface area contributed by atoms with E-state index in [0.717, 1.165) is 17.7 Å². The van der Waals surface area contributed by atoms with Crippen molar-refractivity contribution in [3.8, 4) is 17.1 Å². The van der Waals surface area contributed by atoms with E-state index in [1.165, 1.54) is 29.2 Å². The van der Waals surface area contributed by atoms with E-state index >= 15 is 0 Å². The number of thioether (sulfide) groups is 1. The molecule has 0 aliphatic carbocycles. The maximum absolute atomic E-state index is 13.4. The van der Waals surface area contributed by atoms with Gasteiger partial charge in [-0.1, -0.05) is 17.8 Å². The number of alkyl halides is 3. The number of pyridine rings is 2. The van der Waals surface area contributed by atoms with Gasteiger partial charge in [-0.05, 0) is 48.0 Å². The molecule has 0 saturated carbocycles. The zero-order chi connectivity index (χ0) is 26.5. The molecule has 0 aliphatic heterocycles. The largest absolute Gasteiger partial charge is 0.416 e. The molecule has 4 aromatic heterocycles. The van der Waals surface area contributed by atoms with E-state index in [9.17, 15) is 18.0 Å². The number of thiazole rings is 1. The van der Waals surface area contributed by atoms with Gasteiger partial charge in [-0.15, -0.1) is 21.5 Å². The number of carbonyl (C=O) groups is 1. The molecule has 0 fully saturated rings. The van der Waals surface area contributed by atoms with Crippen LogP contribution in [0.4, 0.5) is 13.2 Å². The second-order valence-electron chi connectivity index (χ2n) is 7.88. The summed E-state index contributed by atoms with van der Waals surface area (Å²) >= 11 is 2.57. The second kappa shape index (κ2) is 11.1. The Hall–Kier alpha value is -4.10. The van der Waals surface area contributed by atoms with Crippen molar-refractivity contribution < 1.29 is 18.0 Å². The number of amides is 1. The predicted octanol–water partition coefficient (Wildman–Crippen LogP) is 5.42. The first-order valence-corrected chi connectivity index (χ1v) is 13.0. The molecule has 192 valence electrons. The van der Waals surface area contributed by atoms with E-state index in [1.807, 2.05) is 12.1 Å². The Morgan fingerprint density at radius 3 is 2.63 bits per heavy atom. The van der Waals surface area contributed by atoms with Crippen LogP contribution in [-0.4, -0.2) is 35.6 Å². The van der Waals surface area contributed by atoms with E-state index in [2.05, 4.69) is 30.5 Å². The van der Waals surface area contributed by atoms with Crippen LogP contribution >= 0.6 is 23.1 Å². The Morgan fingerprint density at radius 2 is 1.87 bits per heavy atom. The molecule has 0 spiro atoms. The van der Waals surface area contributed by atoms with Gasteiger partial charge in [-0.25, -0.2) is 4.98 Å². The van der Waals surface area contributed by atoms with E-state index < -0.39 is 11.7 Å². The average molecular weight is 554 g/mol. The number of benzene rings is 1. The van der Waals surface area contributed by atoms with Gasteiger partial charge in [-0.2, -0.15) is 13.2 Å². The van der Waals surface area contributed by atoms with Crippen LogP contribution in [0.3, 0.4) is 0 Å².